The summed E-state index contributed by atoms with van der Waals surface area (Å²) in [6.07, 6.45) is 4.80. The number of hydrogen-bond acceptors (Lipinski definition) is 5. The van der Waals surface area contributed by atoms with Crippen molar-refractivity contribution in [2.45, 2.75) is 0 Å². The number of nitrogens with one attached hydrogen (secondary N) is 2. The highest BCUT2D eigenvalue weighted by atomic mass is 35.5. The van der Waals surface area contributed by atoms with E-state index in [4.69, 9.17) is 16.3 Å². The quantitative estimate of drug-likeness (QED) is 0.471. The standard InChI is InChI=1S/C19H12ClN3O4/c20-11-3-1-4-12(8-11)23-18-15(19(25)26)16(24)14(27-18)7-10-9-22-17-13(10)5-2-6-21-17/h1-9,23H,(H,21,22)(H,25,26)/b14-7-. The lowest BCUT2D eigenvalue weighted by Gasteiger charge is -2.08. The van der Waals surface area contributed by atoms with E-state index in [-0.39, 0.29) is 11.6 Å². The minimum Gasteiger partial charge on any atom is -0.477 e. The Morgan fingerprint density at radius 2 is 2.15 bits per heavy atom. The molecule has 0 amide bonds. The molecule has 0 spiro atoms. The predicted octanol–water partition coefficient (Wildman–Crippen LogP) is 3.56. The third kappa shape index (κ3) is 3.16. The van der Waals surface area contributed by atoms with E-state index in [1.54, 1.807) is 42.7 Å². The molecule has 0 bridgehead atoms. The molecular formula is C19H12ClN3O4. The number of allylic oxidation sites excluding steroid dienone is 1. The van der Waals surface area contributed by atoms with E-state index in [1.165, 1.54) is 6.08 Å². The van der Waals surface area contributed by atoms with Gasteiger partial charge in [0.2, 0.25) is 11.7 Å². The minimum absolute atomic E-state index is 0.0957. The number of ether oxygens (including phenoxy) is 1. The molecule has 0 saturated carbocycles. The first-order valence-corrected chi connectivity index (χ1v) is 8.27. The van der Waals surface area contributed by atoms with Crippen LogP contribution in [0.15, 0.2) is 66.0 Å². The van der Waals surface area contributed by atoms with Crippen LogP contribution >= 0.6 is 11.6 Å². The van der Waals surface area contributed by atoms with Crippen LogP contribution in [0, 0.1) is 0 Å². The first-order valence-electron chi connectivity index (χ1n) is 7.89. The number of benzene rings is 1. The molecule has 0 radical (unpaired) electrons. The topological polar surface area (TPSA) is 104 Å². The van der Waals surface area contributed by atoms with Crippen LogP contribution in [0.4, 0.5) is 5.69 Å². The van der Waals surface area contributed by atoms with Crippen LogP contribution in [0.1, 0.15) is 5.56 Å². The van der Waals surface area contributed by atoms with Gasteiger partial charge in [-0.05, 0) is 36.4 Å². The maximum atomic E-state index is 12.6. The van der Waals surface area contributed by atoms with Gasteiger partial charge in [0, 0.05) is 34.1 Å². The van der Waals surface area contributed by atoms with E-state index in [2.05, 4.69) is 15.3 Å². The number of H-pyrrole nitrogens is 1. The molecule has 1 aliphatic rings. The summed E-state index contributed by atoms with van der Waals surface area (Å²) in [7, 11) is 0. The molecule has 4 rings (SSSR count). The molecule has 3 heterocycles. The summed E-state index contributed by atoms with van der Waals surface area (Å²) < 4.78 is 5.54. The van der Waals surface area contributed by atoms with Gasteiger partial charge in [-0.2, -0.15) is 0 Å². The van der Waals surface area contributed by atoms with E-state index in [9.17, 15) is 14.7 Å². The number of halogens is 1. The molecule has 1 aliphatic heterocycles. The first kappa shape index (κ1) is 16.9. The third-order valence-electron chi connectivity index (χ3n) is 3.96. The molecule has 3 aromatic rings. The molecule has 0 aliphatic carbocycles. The van der Waals surface area contributed by atoms with Crippen molar-refractivity contribution in [1.82, 2.24) is 9.97 Å². The number of rotatable bonds is 4. The van der Waals surface area contributed by atoms with E-state index >= 15 is 0 Å². The average molecular weight is 382 g/mol. The number of Topliss-reactive ketones (excluding diaryl/α,β-unsaturated/α-hetero) is 1. The number of aromatic amines is 1. The van der Waals surface area contributed by atoms with Crippen LogP contribution in [0.2, 0.25) is 5.02 Å². The van der Waals surface area contributed by atoms with Gasteiger partial charge in [-0.1, -0.05) is 17.7 Å². The fourth-order valence-electron chi connectivity index (χ4n) is 2.75. The van der Waals surface area contributed by atoms with Gasteiger partial charge in [0.05, 0.1) is 0 Å². The van der Waals surface area contributed by atoms with E-state index in [0.717, 1.165) is 5.39 Å². The Bertz CT molecular complexity index is 1150. The number of aliphatic carboxylic acids is 1. The Morgan fingerprint density at radius 3 is 2.93 bits per heavy atom. The van der Waals surface area contributed by atoms with E-state index in [1.807, 2.05) is 6.07 Å². The fraction of sp³-hybridized carbons (Fsp3) is 0. The highest BCUT2D eigenvalue weighted by Gasteiger charge is 2.36. The van der Waals surface area contributed by atoms with E-state index < -0.39 is 17.3 Å². The second-order valence-electron chi connectivity index (χ2n) is 5.73. The SMILES string of the molecule is O=C(O)C1=C(Nc2cccc(Cl)c2)O/C(=C\c2c[nH]c3ncccc23)C1=O. The lowest BCUT2D eigenvalue weighted by molar-refractivity contribution is -0.134. The van der Waals surface area contributed by atoms with Crippen molar-refractivity contribution in [3.8, 4) is 0 Å². The molecule has 1 aromatic carbocycles. The molecule has 134 valence electrons. The summed E-state index contributed by atoms with van der Waals surface area (Å²) >= 11 is 5.94. The van der Waals surface area contributed by atoms with Crippen molar-refractivity contribution < 1.29 is 19.4 Å². The molecule has 0 saturated heterocycles. The number of carbonyl (C=O) groups is 2. The third-order valence-corrected chi connectivity index (χ3v) is 4.19. The predicted molar refractivity (Wildman–Crippen MR) is 99.9 cm³/mol. The maximum absolute atomic E-state index is 12.6. The van der Waals surface area contributed by atoms with Gasteiger partial charge in [0.15, 0.2) is 11.3 Å². The number of pyridine rings is 1. The van der Waals surface area contributed by atoms with Crippen LogP contribution in [0.3, 0.4) is 0 Å². The number of nitrogens with zero attached hydrogens (tertiary/aromatic N) is 1. The molecule has 0 unspecified atom stereocenters. The monoisotopic (exact) mass is 381 g/mol. The van der Waals surface area contributed by atoms with Crippen molar-refractivity contribution in [3.63, 3.8) is 0 Å². The number of carboxylic acids is 1. The number of carbonyl (C=O) groups excluding carboxylic acids is 1. The average Bonchev–Trinajstić information content (AvgIpc) is 3.17. The van der Waals surface area contributed by atoms with Gasteiger partial charge in [-0.3, -0.25) is 4.79 Å². The molecule has 3 N–H and O–H groups in total. The van der Waals surface area contributed by atoms with Gasteiger partial charge in [0.1, 0.15) is 5.65 Å². The Balaban J connectivity index is 1.70. The zero-order valence-corrected chi connectivity index (χ0v) is 14.4. The van der Waals surface area contributed by atoms with Crippen molar-refractivity contribution in [2.24, 2.45) is 0 Å². The van der Waals surface area contributed by atoms with Gasteiger partial charge in [0.25, 0.3) is 0 Å². The Kier molecular flexibility index (Phi) is 4.13. The maximum Gasteiger partial charge on any atom is 0.345 e. The normalized spacial score (nSPS) is 15.4. The van der Waals surface area contributed by atoms with Crippen LogP contribution in [-0.2, 0) is 14.3 Å². The highest BCUT2D eigenvalue weighted by Crippen LogP contribution is 2.30. The lowest BCUT2D eigenvalue weighted by atomic mass is 10.1. The number of aromatic nitrogens is 2. The summed E-state index contributed by atoms with van der Waals surface area (Å²) in [5, 5.41) is 13.5. The number of anilines is 1. The zero-order chi connectivity index (χ0) is 19.0. The van der Waals surface area contributed by atoms with Crippen molar-refractivity contribution in [2.75, 3.05) is 5.32 Å². The van der Waals surface area contributed by atoms with Gasteiger partial charge in [-0.25, -0.2) is 9.78 Å². The summed E-state index contributed by atoms with van der Waals surface area (Å²) in [4.78, 5) is 31.3. The number of ketones is 1. The molecule has 2 aromatic heterocycles. The number of fused-ring (bicyclic) bond motifs is 1. The summed E-state index contributed by atoms with van der Waals surface area (Å²) in [5.41, 5.74) is 1.34. The smallest absolute Gasteiger partial charge is 0.345 e. The number of hydrogen-bond donors (Lipinski definition) is 3. The Labute approximate surface area is 157 Å². The molecule has 8 heteroatoms. The minimum atomic E-state index is -1.38. The lowest BCUT2D eigenvalue weighted by Crippen LogP contribution is -2.12. The van der Waals surface area contributed by atoms with Crippen LogP contribution in [-0.4, -0.2) is 26.8 Å². The largest absolute Gasteiger partial charge is 0.477 e. The second-order valence-corrected chi connectivity index (χ2v) is 6.16. The summed E-state index contributed by atoms with van der Waals surface area (Å²) in [6, 6.07) is 10.2. The van der Waals surface area contributed by atoms with Crippen LogP contribution in [0.25, 0.3) is 17.1 Å². The van der Waals surface area contributed by atoms with Gasteiger partial charge in [-0.15, -0.1) is 0 Å². The van der Waals surface area contributed by atoms with Crippen molar-refractivity contribution in [1.29, 1.82) is 0 Å². The van der Waals surface area contributed by atoms with Gasteiger partial charge >= 0.3 is 5.97 Å². The van der Waals surface area contributed by atoms with Crippen LogP contribution < -0.4 is 5.32 Å². The zero-order valence-electron chi connectivity index (χ0n) is 13.7. The molecule has 27 heavy (non-hydrogen) atoms. The Morgan fingerprint density at radius 1 is 1.30 bits per heavy atom. The molecule has 0 fully saturated rings. The van der Waals surface area contributed by atoms with Crippen molar-refractivity contribution >= 4 is 46.2 Å². The molecule has 0 atom stereocenters. The highest BCUT2D eigenvalue weighted by molar-refractivity contribution is 6.31. The summed E-state index contributed by atoms with van der Waals surface area (Å²) in [6.45, 7) is 0. The van der Waals surface area contributed by atoms with E-state index in [0.29, 0.717) is 21.9 Å². The number of carboxylic acid groups (broad SMARTS) is 1. The molecule has 7 nitrogen and oxygen atoms in total. The summed E-state index contributed by atoms with van der Waals surface area (Å²) in [5.74, 6) is -2.35. The van der Waals surface area contributed by atoms with Gasteiger partial charge < -0.3 is 20.1 Å². The fourth-order valence-corrected chi connectivity index (χ4v) is 2.94. The second kappa shape index (κ2) is 6.62. The Hall–Kier alpha value is -3.58. The molecular weight excluding hydrogens is 370 g/mol. The van der Waals surface area contributed by atoms with Crippen molar-refractivity contribution in [3.05, 3.63) is 76.6 Å². The first-order chi connectivity index (χ1) is 13.0. The van der Waals surface area contributed by atoms with Crippen LogP contribution in [0.5, 0.6) is 0 Å².